The molecule has 1 fully saturated rings. The summed E-state index contributed by atoms with van der Waals surface area (Å²) in [5, 5.41) is 14.6. The second-order valence-corrected chi connectivity index (χ2v) is 6.25. The van der Waals surface area contributed by atoms with Gasteiger partial charge in [-0.05, 0) is 43.0 Å². The molecule has 5 nitrogen and oxygen atoms in total. The lowest BCUT2D eigenvalue weighted by Gasteiger charge is -2.22. The summed E-state index contributed by atoms with van der Waals surface area (Å²) in [5.41, 5.74) is 2.26. The molecular weight excluding hydrogens is 300 g/mol. The van der Waals surface area contributed by atoms with Gasteiger partial charge in [0, 0.05) is 11.7 Å². The van der Waals surface area contributed by atoms with Crippen molar-refractivity contribution < 1.29 is 4.79 Å². The predicted octanol–water partition coefficient (Wildman–Crippen LogP) is 4.04. The van der Waals surface area contributed by atoms with E-state index in [0.29, 0.717) is 11.7 Å². The average molecular weight is 324 g/mol. The number of anilines is 2. The van der Waals surface area contributed by atoms with E-state index in [0.717, 1.165) is 23.5 Å². The van der Waals surface area contributed by atoms with Gasteiger partial charge in [-0.15, -0.1) is 10.2 Å². The molecule has 1 heterocycles. The molecule has 2 aromatic rings. The number of para-hydroxylation sites is 1. The fourth-order valence-corrected chi connectivity index (χ4v) is 3.12. The number of rotatable bonds is 5. The Kier molecular flexibility index (Phi) is 5.41. The molecule has 0 bridgehead atoms. The van der Waals surface area contributed by atoms with Gasteiger partial charge in [-0.1, -0.05) is 44.4 Å². The van der Waals surface area contributed by atoms with Gasteiger partial charge in [0.05, 0.1) is 0 Å². The van der Waals surface area contributed by atoms with Gasteiger partial charge in [-0.25, -0.2) is 0 Å². The second-order valence-electron chi connectivity index (χ2n) is 6.25. The number of carbonyl (C=O) groups is 1. The fraction of sp³-hybridized carbons (Fsp3) is 0.421. The first-order chi connectivity index (χ1) is 11.8. The highest BCUT2D eigenvalue weighted by Gasteiger charge is 2.15. The van der Waals surface area contributed by atoms with Crippen LogP contribution in [0.3, 0.4) is 0 Å². The van der Waals surface area contributed by atoms with Gasteiger partial charge in [-0.2, -0.15) is 0 Å². The molecule has 0 spiro atoms. The molecule has 1 aromatic carbocycles. The minimum Gasteiger partial charge on any atom is -0.366 e. The molecule has 1 aromatic heterocycles. The van der Waals surface area contributed by atoms with Crippen molar-refractivity contribution >= 4 is 17.4 Å². The van der Waals surface area contributed by atoms with Gasteiger partial charge in [-0.3, -0.25) is 4.79 Å². The Labute approximate surface area is 142 Å². The summed E-state index contributed by atoms with van der Waals surface area (Å²) in [6.07, 6.45) is 7.08. The summed E-state index contributed by atoms with van der Waals surface area (Å²) < 4.78 is 0. The summed E-state index contributed by atoms with van der Waals surface area (Å²) in [4.78, 5) is 12.3. The van der Waals surface area contributed by atoms with Crippen molar-refractivity contribution in [2.45, 2.75) is 51.5 Å². The van der Waals surface area contributed by atoms with Crippen LogP contribution in [-0.2, 0) is 6.42 Å². The third-order valence-corrected chi connectivity index (χ3v) is 4.50. The molecule has 24 heavy (non-hydrogen) atoms. The number of aromatic nitrogens is 2. The lowest BCUT2D eigenvalue weighted by atomic mass is 9.95. The maximum Gasteiger partial charge on any atom is 0.276 e. The summed E-state index contributed by atoms with van der Waals surface area (Å²) in [5.74, 6) is 0.514. The number of hydrogen-bond acceptors (Lipinski definition) is 4. The van der Waals surface area contributed by atoms with Crippen LogP contribution in [0.15, 0.2) is 36.4 Å². The van der Waals surface area contributed by atoms with Crippen molar-refractivity contribution in [1.82, 2.24) is 10.2 Å². The Morgan fingerprint density at radius 3 is 2.58 bits per heavy atom. The number of nitrogens with zero attached hydrogens (tertiary/aromatic N) is 2. The van der Waals surface area contributed by atoms with E-state index in [1.54, 1.807) is 6.07 Å². The smallest absolute Gasteiger partial charge is 0.276 e. The molecule has 5 heteroatoms. The Bertz CT molecular complexity index is 678. The number of amides is 1. The number of nitrogens with one attached hydrogen (secondary N) is 2. The van der Waals surface area contributed by atoms with Crippen LogP contribution in [0.4, 0.5) is 11.5 Å². The molecule has 2 N–H and O–H groups in total. The SMILES string of the molecule is CCc1ccccc1NC(=O)c1ccc(NC2CCCCC2)nn1. The van der Waals surface area contributed by atoms with Crippen molar-refractivity contribution in [3.8, 4) is 0 Å². The summed E-state index contributed by atoms with van der Waals surface area (Å²) in [6.45, 7) is 2.07. The summed E-state index contributed by atoms with van der Waals surface area (Å²) in [6, 6.07) is 11.8. The van der Waals surface area contributed by atoms with Crippen LogP contribution in [0.1, 0.15) is 55.1 Å². The molecule has 0 saturated heterocycles. The standard InChI is InChI=1S/C19H24N4O/c1-2-14-8-6-7-11-16(14)21-19(24)17-12-13-18(23-22-17)20-15-9-4-3-5-10-15/h6-8,11-13,15H,2-5,9-10H2,1H3,(H,20,23)(H,21,24). The zero-order valence-corrected chi connectivity index (χ0v) is 14.1. The number of benzene rings is 1. The van der Waals surface area contributed by atoms with Crippen molar-refractivity contribution in [2.24, 2.45) is 0 Å². The van der Waals surface area contributed by atoms with Gasteiger partial charge in [0.1, 0.15) is 5.82 Å². The van der Waals surface area contributed by atoms with E-state index in [4.69, 9.17) is 0 Å². The zero-order valence-electron chi connectivity index (χ0n) is 14.1. The average Bonchev–Trinajstić information content (AvgIpc) is 2.63. The molecule has 1 amide bonds. The van der Waals surface area contributed by atoms with Gasteiger partial charge >= 0.3 is 0 Å². The Balaban J connectivity index is 1.63. The largest absolute Gasteiger partial charge is 0.366 e. The van der Waals surface area contributed by atoms with E-state index in [-0.39, 0.29) is 5.91 Å². The van der Waals surface area contributed by atoms with Gasteiger partial charge in [0.15, 0.2) is 5.69 Å². The van der Waals surface area contributed by atoms with E-state index in [1.165, 1.54) is 32.1 Å². The highest BCUT2D eigenvalue weighted by Crippen LogP contribution is 2.21. The number of carbonyl (C=O) groups excluding carboxylic acids is 1. The third kappa shape index (κ3) is 4.10. The summed E-state index contributed by atoms with van der Waals surface area (Å²) >= 11 is 0. The Morgan fingerprint density at radius 2 is 1.88 bits per heavy atom. The molecule has 0 atom stereocenters. The molecule has 0 unspecified atom stereocenters. The number of aryl methyl sites for hydroxylation is 1. The minimum atomic E-state index is -0.229. The van der Waals surface area contributed by atoms with Crippen LogP contribution >= 0.6 is 0 Å². The molecule has 0 radical (unpaired) electrons. The van der Waals surface area contributed by atoms with Crippen LogP contribution in [0.2, 0.25) is 0 Å². The first-order valence-corrected chi connectivity index (χ1v) is 8.76. The highest BCUT2D eigenvalue weighted by molar-refractivity contribution is 6.03. The normalized spacial score (nSPS) is 15.0. The first-order valence-electron chi connectivity index (χ1n) is 8.76. The molecule has 1 aliphatic carbocycles. The zero-order chi connectivity index (χ0) is 16.8. The minimum absolute atomic E-state index is 0.229. The van der Waals surface area contributed by atoms with Gasteiger partial charge in [0.25, 0.3) is 5.91 Å². The summed E-state index contributed by atoms with van der Waals surface area (Å²) in [7, 11) is 0. The monoisotopic (exact) mass is 324 g/mol. The second kappa shape index (κ2) is 7.90. The van der Waals surface area contributed by atoms with Crippen molar-refractivity contribution in [3.05, 3.63) is 47.7 Å². The maximum atomic E-state index is 12.3. The van der Waals surface area contributed by atoms with Crippen molar-refractivity contribution in [3.63, 3.8) is 0 Å². The molecule has 1 aliphatic rings. The van der Waals surface area contributed by atoms with E-state index >= 15 is 0 Å². The molecular formula is C19H24N4O. The van der Waals surface area contributed by atoms with Crippen molar-refractivity contribution in [2.75, 3.05) is 10.6 Å². The predicted molar refractivity (Wildman–Crippen MR) is 96.3 cm³/mol. The van der Waals surface area contributed by atoms with Crippen LogP contribution < -0.4 is 10.6 Å². The van der Waals surface area contributed by atoms with E-state index in [1.807, 2.05) is 30.3 Å². The molecule has 0 aliphatic heterocycles. The van der Waals surface area contributed by atoms with E-state index in [9.17, 15) is 4.79 Å². The third-order valence-electron chi connectivity index (χ3n) is 4.50. The Hall–Kier alpha value is -2.43. The maximum absolute atomic E-state index is 12.3. The lowest BCUT2D eigenvalue weighted by Crippen LogP contribution is -2.23. The van der Waals surface area contributed by atoms with Crippen LogP contribution in [0.5, 0.6) is 0 Å². The van der Waals surface area contributed by atoms with E-state index < -0.39 is 0 Å². The fourth-order valence-electron chi connectivity index (χ4n) is 3.12. The van der Waals surface area contributed by atoms with E-state index in [2.05, 4.69) is 27.8 Å². The van der Waals surface area contributed by atoms with Crippen LogP contribution in [0.25, 0.3) is 0 Å². The number of hydrogen-bond donors (Lipinski definition) is 2. The lowest BCUT2D eigenvalue weighted by molar-refractivity contribution is 0.102. The molecule has 3 rings (SSSR count). The molecule has 126 valence electrons. The van der Waals surface area contributed by atoms with Crippen molar-refractivity contribution in [1.29, 1.82) is 0 Å². The topological polar surface area (TPSA) is 66.9 Å². The molecule has 1 saturated carbocycles. The quantitative estimate of drug-likeness (QED) is 0.871. The van der Waals surface area contributed by atoms with Gasteiger partial charge < -0.3 is 10.6 Å². The van der Waals surface area contributed by atoms with Crippen LogP contribution in [0, 0.1) is 0 Å². The Morgan fingerprint density at radius 1 is 1.08 bits per heavy atom. The first kappa shape index (κ1) is 16.4. The van der Waals surface area contributed by atoms with Gasteiger partial charge in [0.2, 0.25) is 0 Å². The highest BCUT2D eigenvalue weighted by atomic mass is 16.1. The van der Waals surface area contributed by atoms with Crippen LogP contribution in [-0.4, -0.2) is 22.1 Å².